The number of anilines is 1. The minimum Gasteiger partial charge on any atom is -0.463 e. The molecule has 1 aliphatic heterocycles. The SMILES string of the molecule is CCOc1n[nH]c(NS(=O)(=O)N2CC(C)CC(C)C2)n1. The Morgan fingerprint density at radius 2 is 2.05 bits per heavy atom. The minimum atomic E-state index is -3.61. The molecule has 1 aromatic heterocycles. The van der Waals surface area contributed by atoms with E-state index in [0.29, 0.717) is 31.5 Å². The second-order valence-electron chi connectivity index (χ2n) is 5.27. The number of aromatic amines is 1. The fourth-order valence-corrected chi connectivity index (χ4v) is 3.84. The number of piperidine rings is 1. The summed E-state index contributed by atoms with van der Waals surface area (Å²) in [6.45, 7) is 7.37. The minimum absolute atomic E-state index is 0.0688. The number of hydrogen-bond acceptors (Lipinski definition) is 5. The van der Waals surface area contributed by atoms with Crippen LogP contribution in [0.2, 0.25) is 0 Å². The van der Waals surface area contributed by atoms with E-state index in [1.807, 2.05) is 0 Å². The molecule has 0 spiro atoms. The van der Waals surface area contributed by atoms with Crippen LogP contribution in [0.5, 0.6) is 6.01 Å². The average molecular weight is 303 g/mol. The monoisotopic (exact) mass is 303 g/mol. The van der Waals surface area contributed by atoms with Crippen LogP contribution in [0.1, 0.15) is 27.2 Å². The zero-order valence-corrected chi connectivity index (χ0v) is 12.8. The summed E-state index contributed by atoms with van der Waals surface area (Å²) in [7, 11) is -3.61. The summed E-state index contributed by atoms with van der Waals surface area (Å²) >= 11 is 0. The zero-order chi connectivity index (χ0) is 14.8. The molecule has 0 bridgehead atoms. The molecule has 1 aromatic rings. The van der Waals surface area contributed by atoms with E-state index in [1.165, 1.54) is 4.31 Å². The molecule has 2 atom stereocenters. The van der Waals surface area contributed by atoms with Crippen LogP contribution in [0, 0.1) is 11.8 Å². The van der Waals surface area contributed by atoms with Crippen LogP contribution in [0.25, 0.3) is 0 Å². The molecule has 9 heteroatoms. The van der Waals surface area contributed by atoms with Gasteiger partial charge in [-0.05, 0) is 25.2 Å². The van der Waals surface area contributed by atoms with Gasteiger partial charge in [0.1, 0.15) is 0 Å². The van der Waals surface area contributed by atoms with Crippen LogP contribution in [-0.2, 0) is 10.2 Å². The quantitative estimate of drug-likeness (QED) is 0.839. The predicted molar refractivity (Wildman–Crippen MR) is 74.6 cm³/mol. The summed E-state index contributed by atoms with van der Waals surface area (Å²) in [4.78, 5) is 3.91. The predicted octanol–water partition coefficient (Wildman–Crippen LogP) is 0.838. The first-order valence-electron chi connectivity index (χ1n) is 6.73. The molecule has 20 heavy (non-hydrogen) atoms. The molecule has 1 aliphatic rings. The van der Waals surface area contributed by atoms with Crippen LogP contribution >= 0.6 is 0 Å². The van der Waals surface area contributed by atoms with Crippen molar-refractivity contribution in [3.63, 3.8) is 0 Å². The van der Waals surface area contributed by atoms with Gasteiger partial charge in [-0.1, -0.05) is 13.8 Å². The molecule has 2 N–H and O–H groups in total. The summed E-state index contributed by atoms with van der Waals surface area (Å²) in [5.74, 6) is 0.771. The van der Waals surface area contributed by atoms with Crippen molar-refractivity contribution in [2.75, 3.05) is 24.4 Å². The van der Waals surface area contributed by atoms with Gasteiger partial charge in [-0.3, -0.25) is 0 Å². The number of nitrogens with zero attached hydrogens (tertiary/aromatic N) is 3. The highest BCUT2D eigenvalue weighted by Crippen LogP contribution is 2.23. The summed E-state index contributed by atoms with van der Waals surface area (Å²) < 4.78 is 33.5. The maximum atomic E-state index is 12.3. The van der Waals surface area contributed by atoms with Gasteiger partial charge < -0.3 is 4.74 Å². The maximum absolute atomic E-state index is 12.3. The van der Waals surface area contributed by atoms with Crippen LogP contribution in [0.15, 0.2) is 0 Å². The molecule has 0 amide bonds. The smallest absolute Gasteiger partial charge is 0.337 e. The second kappa shape index (κ2) is 5.96. The van der Waals surface area contributed by atoms with Crippen molar-refractivity contribution in [1.82, 2.24) is 19.5 Å². The molecule has 114 valence electrons. The first-order valence-corrected chi connectivity index (χ1v) is 8.17. The van der Waals surface area contributed by atoms with Crippen LogP contribution in [0.3, 0.4) is 0 Å². The Bertz CT molecular complexity index is 534. The lowest BCUT2D eigenvalue weighted by Crippen LogP contribution is -2.45. The van der Waals surface area contributed by atoms with Crippen LogP contribution < -0.4 is 9.46 Å². The van der Waals surface area contributed by atoms with Crippen LogP contribution in [-0.4, -0.2) is 47.6 Å². The Hall–Kier alpha value is -1.35. The normalized spacial score (nSPS) is 24.6. The third kappa shape index (κ3) is 3.60. The summed E-state index contributed by atoms with van der Waals surface area (Å²) in [6.07, 6.45) is 1.04. The van der Waals surface area contributed by atoms with Crippen LogP contribution in [0.4, 0.5) is 5.95 Å². The fraction of sp³-hybridized carbons (Fsp3) is 0.818. The number of ether oxygens (including phenoxy) is 1. The van der Waals surface area contributed by atoms with Gasteiger partial charge in [-0.25, -0.2) is 9.82 Å². The van der Waals surface area contributed by atoms with Gasteiger partial charge in [0.05, 0.1) is 6.61 Å². The van der Waals surface area contributed by atoms with Gasteiger partial charge in [0.15, 0.2) is 0 Å². The molecule has 2 rings (SSSR count). The van der Waals surface area contributed by atoms with Crippen molar-refractivity contribution in [2.45, 2.75) is 27.2 Å². The number of nitrogens with one attached hydrogen (secondary N) is 2. The molecule has 0 aromatic carbocycles. The topological polar surface area (TPSA) is 100 Å². The molecule has 8 nitrogen and oxygen atoms in total. The number of aromatic nitrogens is 3. The van der Waals surface area contributed by atoms with Gasteiger partial charge in [0.2, 0.25) is 5.95 Å². The Morgan fingerprint density at radius 3 is 2.65 bits per heavy atom. The molecule has 2 unspecified atom stereocenters. The van der Waals surface area contributed by atoms with E-state index >= 15 is 0 Å². The third-order valence-corrected chi connectivity index (χ3v) is 4.57. The van der Waals surface area contributed by atoms with Gasteiger partial charge in [-0.15, -0.1) is 5.10 Å². The van der Waals surface area contributed by atoms with E-state index in [-0.39, 0.29) is 12.0 Å². The molecular weight excluding hydrogens is 282 g/mol. The highest BCUT2D eigenvalue weighted by atomic mass is 32.2. The van der Waals surface area contributed by atoms with E-state index in [2.05, 4.69) is 33.8 Å². The lowest BCUT2D eigenvalue weighted by molar-refractivity contribution is 0.223. The van der Waals surface area contributed by atoms with Gasteiger partial charge in [0.25, 0.3) is 0 Å². The summed E-state index contributed by atoms with van der Waals surface area (Å²) in [6, 6.07) is 0.130. The lowest BCUT2D eigenvalue weighted by atomic mass is 9.94. The van der Waals surface area contributed by atoms with E-state index in [0.717, 1.165) is 6.42 Å². The van der Waals surface area contributed by atoms with E-state index in [4.69, 9.17) is 4.74 Å². The van der Waals surface area contributed by atoms with Gasteiger partial charge in [-0.2, -0.15) is 17.7 Å². The summed E-state index contributed by atoms with van der Waals surface area (Å²) in [5, 5.41) is 6.27. The first-order chi connectivity index (χ1) is 9.40. The zero-order valence-electron chi connectivity index (χ0n) is 12.0. The highest BCUT2D eigenvalue weighted by Gasteiger charge is 2.31. The largest absolute Gasteiger partial charge is 0.463 e. The molecule has 1 fully saturated rings. The molecule has 1 saturated heterocycles. The third-order valence-electron chi connectivity index (χ3n) is 3.14. The van der Waals surface area contributed by atoms with E-state index in [9.17, 15) is 8.42 Å². The molecule has 0 saturated carbocycles. The second-order valence-corrected chi connectivity index (χ2v) is 6.94. The van der Waals surface area contributed by atoms with Crippen molar-refractivity contribution in [2.24, 2.45) is 11.8 Å². The molecule has 0 radical (unpaired) electrons. The van der Waals surface area contributed by atoms with Crippen molar-refractivity contribution >= 4 is 16.2 Å². The molecule has 0 aliphatic carbocycles. The van der Waals surface area contributed by atoms with Gasteiger partial charge in [0, 0.05) is 13.1 Å². The van der Waals surface area contributed by atoms with E-state index in [1.54, 1.807) is 6.92 Å². The number of H-pyrrole nitrogens is 1. The first kappa shape index (κ1) is 15.0. The molecular formula is C11H21N5O3S. The average Bonchev–Trinajstić information content (AvgIpc) is 2.75. The lowest BCUT2D eigenvalue weighted by Gasteiger charge is -2.33. The Labute approximate surface area is 119 Å². The summed E-state index contributed by atoms with van der Waals surface area (Å²) in [5.41, 5.74) is 0. The van der Waals surface area contributed by atoms with Crippen molar-refractivity contribution < 1.29 is 13.2 Å². The van der Waals surface area contributed by atoms with Crippen molar-refractivity contribution in [3.8, 4) is 6.01 Å². The number of hydrogen-bond donors (Lipinski definition) is 2. The number of rotatable bonds is 5. The van der Waals surface area contributed by atoms with Crippen molar-refractivity contribution in [3.05, 3.63) is 0 Å². The highest BCUT2D eigenvalue weighted by molar-refractivity contribution is 7.90. The Morgan fingerprint density at radius 1 is 1.40 bits per heavy atom. The van der Waals surface area contributed by atoms with Crippen molar-refractivity contribution in [1.29, 1.82) is 0 Å². The standard InChI is InChI=1S/C11H21N5O3S/c1-4-19-11-12-10(13-14-11)15-20(17,18)16-6-8(2)5-9(3)7-16/h8-9H,4-7H2,1-3H3,(H2,12,13,14,15). The van der Waals surface area contributed by atoms with Gasteiger partial charge >= 0.3 is 16.2 Å². The Kier molecular flexibility index (Phi) is 4.48. The fourth-order valence-electron chi connectivity index (χ4n) is 2.47. The molecule has 2 heterocycles. The maximum Gasteiger partial charge on any atom is 0.337 e. The Balaban J connectivity index is 2.06. The van der Waals surface area contributed by atoms with E-state index < -0.39 is 10.2 Å².